The molecule has 3 aromatic rings. The van der Waals surface area contributed by atoms with E-state index in [0.717, 1.165) is 16.9 Å². The van der Waals surface area contributed by atoms with Crippen LogP contribution in [0.3, 0.4) is 0 Å². The number of nitrogens with zero attached hydrogens (tertiary/aromatic N) is 2. The highest BCUT2D eigenvalue weighted by molar-refractivity contribution is 5.92. The molecule has 1 aliphatic heterocycles. The van der Waals surface area contributed by atoms with Gasteiger partial charge in [0.25, 0.3) is 5.91 Å². The van der Waals surface area contributed by atoms with Gasteiger partial charge in [-0.2, -0.15) is 0 Å². The van der Waals surface area contributed by atoms with Crippen molar-refractivity contribution in [1.82, 2.24) is 15.4 Å². The summed E-state index contributed by atoms with van der Waals surface area (Å²) in [6.07, 6.45) is 0.375. The summed E-state index contributed by atoms with van der Waals surface area (Å²) in [5.74, 6) is 2.14. The van der Waals surface area contributed by atoms with Gasteiger partial charge < -0.3 is 29.0 Å². The Hall–Kier alpha value is -4.01. The minimum Gasteiger partial charge on any atom is -0.497 e. The first-order valence-corrected chi connectivity index (χ1v) is 11.7. The van der Waals surface area contributed by atoms with E-state index in [-0.39, 0.29) is 36.3 Å². The number of ether oxygens (including phenoxy) is 3. The third kappa shape index (κ3) is 6.56. The molecule has 0 atom stereocenters. The molecular weight excluding hydrogens is 462 g/mol. The summed E-state index contributed by atoms with van der Waals surface area (Å²) in [5, 5.41) is 6.74. The minimum absolute atomic E-state index is 0.0106. The number of aromatic nitrogens is 1. The second kappa shape index (κ2) is 10.7. The van der Waals surface area contributed by atoms with Crippen molar-refractivity contribution in [3.05, 3.63) is 71.1 Å². The molecule has 0 spiro atoms. The van der Waals surface area contributed by atoms with Crippen LogP contribution in [0, 0.1) is 5.41 Å². The quantitative estimate of drug-likeness (QED) is 0.474. The zero-order chi connectivity index (χ0) is 25.7. The lowest BCUT2D eigenvalue weighted by atomic mass is 9.91. The summed E-state index contributed by atoms with van der Waals surface area (Å²) < 4.78 is 21.3. The number of methoxy groups -OCH3 is 1. The van der Waals surface area contributed by atoms with Gasteiger partial charge in [0.05, 0.1) is 13.7 Å². The molecule has 0 aliphatic carbocycles. The summed E-state index contributed by atoms with van der Waals surface area (Å²) in [6, 6.07) is 14.6. The largest absolute Gasteiger partial charge is 0.497 e. The second-order valence-corrected chi connectivity index (χ2v) is 9.88. The van der Waals surface area contributed by atoms with Gasteiger partial charge in [0, 0.05) is 25.6 Å². The molecule has 1 N–H and O–H groups in total. The van der Waals surface area contributed by atoms with Gasteiger partial charge in [-0.05, 0) is 40.8 Å². The summed E-state index contributed by atoms with van der Waals surface area (Å²) in [6.45, 7) is 7.15. The van der Waals surface area contributed by atoms with Crippen molar-refractivity contribution >= 4 is 11.8 Å². The van der Waals surface area contributed by atoms with Gasteiger partial charge in [0.15, 0.2) is 23.0 Å². The first kappa shape index (κ1) is 25.1. The highest BCUT2D eigenvalue weighted by Gasteiger charge is 2.24. The molecule has 4 rings (SSSR count). The first-order valence-electron chi connectivity index (χ1n) is 11.7. The average molecular weight is 494 g/mol. The Balaban J connectivity index is 1.41. The Morgan fingerprint density at radius 1 is 1.00 bits per heavy atom. The molecule has 0 unspecified atom stereocenters. The van der Waals surface area contributed by atoms with Crippen molar-refractivity contribution in [3.63, 3.8) is 0 Å². The molecule has 1 aromatic heterocycles. The molecular formula is C27H31N3O6. The molecule has 9 nitrogen and oxygen atoms in total. The van der Waals surface area contributed by atoms with Crippen LogP contribution in [0.4, 0.5) is 0 Å². The molecule has 2 heterocycles. The summed E-state index contributed by atoms with van der Waals surface area (Å²) in [7, 11) is 1.61. The number of amides is 2. The van der Waals surface area contributed by atoms with Crippen LogP contribution in [0.2, 0.25) is 0 Å². The fraction of sp³-hybridized carbons (Fsp3) is 0.370. The van der Waals surface area contributed by atoms with E-state index < -0.39 is 0 Å². The van der Waals surface area contributed by atoms with E-state index in [2.05, 4.69) is 10.5 Å². The van der Waals surface area contributed by atoms with Crippen LogP contribution in [0.15, 0.2) is 53.1 Å². The predicted molar refractivity (Wildman–Crippen MR) is 132 cm³/mol. The number of nitrogens with one attached hydrogen (secondary N) is 1. The van der Waals surface area contributed by atoms with E-state index in [1.807, 2.05) is 63.2 Å². The van der Waals surface area contributed by atoms with Crippen molar-refractivity contribution in [2.24, 2.45) is 5.41 Å². The van der Waals surface area contributed by atoms with Gasteiger partial charge in [0.2, 0.25) is 12.7 Å². The Labute approximate surface area is 210 Å². The molecule has 2 aromatic carbocycles. The van der Waals surface area contributed by atoms with E-state index in [1.54, 1.807) is 18.1 Å². The van der Waals surface area contributed by atoms with Gasteiger partial charge in [-0.15, -0.1) is 0 Å². The van der Waals surface area contributed by atoms with E-state index in [4.69, 9.17) is 18.7 Å². The summed E-state index contributed by atoms with van der Waals surface area (Å²) in [5.41, 5.74) is 1.81. The number of fused-ring (bicyclic) bond motifs is 1. The smallest absolute Gasteiger partial charge is 0.273 e. The van der Waals surface area contributed by atoms with Gasteiger partial charge in [-0.3, -0.25) is 9.59 Å². The maximum absolute atomic E-state index is 13.1. The number of rotatable bonds is 9. The Morgan fingerprint density at radius 3 is 2.44 bits per heavy atom. The topological polar surface area (TPSA) is 103 Å². The highest BCUT2D eigenvalue weighted by atomic mass is 16.7. The molecule has 0 saturated carbocycles. The van der Waals surface area contributed by atoms with Crippen molar-refractivity contribution in [2.75, 3.05) is 13.9 Å². The molecule has 190 valence electrons. The lowest BCUT2D eigenvalue weighted by Crippen LogP contribution is -2.32. The summed E-state index contributed by atoms with van der Waals surface area (Å²) >= 11 is 0. The maximum atomic E-state index is 13.1. The van der Waals surface area contributed by atoms with Crippen LogP contribution < -0.4 is 19.5 Å². The fourth-order valence-electron chi connectivity index (χ4n) is 3.76. The average Bonchev–Trinajstić information content (AvgIpc) is 3.51. The molecule has 0 bridgehead atoms. The second-order valence-electron chi connectivity index (χ2n) is 9.88. The monoisotopic (exact) mass is 493 g/mol. The van der Waals surface area contributed by atoms with Gasteiger partial charge >= 0.3 is 0 Å². The highest BCUT2D eigenvalue weighted by Crippen LogP contribution is 2.32. The third-order valence-electron chi connectivity index (χ3n) is 5.60. The van der Waals surface area contributed by atoms with Gasteiger partial charge in [0.1, 0.15) is 5.75 Å². The number of carbonyl (C=O) groups excluding carboxylic acids is 2. The molecule has 9 heteroatoms. The molecule has 36 heavy (non-hydrogen) atoms. The normalized spacial score (nSPS) is 12.3. The van der Waals surface area contributed by atoms with Crippen LogP contribution in [0.1, 0.15) is 54.6 Å². The van der Waals surface area contributed by atoms with Crippen molar-refractivity contribution in [1.29, 1.82) is 0 Å². The first-order chi connectivity index (χ1) is 17.2. The van der Waals surface area contributed by atoms with Crippen molar-refractivity contribution in [2.45, 2.75) is 46.8 Å². The number of hydrogen-bond donors (Lipinski definition) is 1. The summed E-state index contributed by atoms with van der Waals surface area (Å²) in [4.78, 5) is 27.5. The van der Waals surface area contributed by atoms with E-state index in [1.165, 1.54) is 0 Å². The zero-order valence-corrected chi connectivity index (χ0v) is 21.0. The molecule has 0 fully saturated rings. The van der Waals surface area contributed by atoms with Crippen LogP contribution in [0.5, 0.6) is 17.2 Å². The molecule has 0 saturated heterocycles. The molecule has 2 amide bonds. The molecule has 1 aliphatic rings. The maximum Gasteiger partial charge on any atom is 0.273 e. The lowest BCUT2D eigenvalue weighted by molar-refractivity contribution is -0.134. The Bertz CT molecular complexity index is 1210. The van der Waals surface area contributed by atoms with E-state index in [0.29, 0.717) is 36.8 Å². The minimum atomic E-state index is -0.370. The Kier molecular flexibility index (Phi) is 7.47. The van der Waals surface area contributed by atoms with Crippen LogP contribution in [0.25, 0.3) is 0 Å². The number of hydrogen-bond acceptors (Lipinski definition) is 7. The van der Waals surface area contributed by atoms with Crippen molar-refractivity contribution in [3.8, 4) is 17.2 Å². The standard InChI is InChI=1S/C27H31N3O6/c1-27(2,3)13-25(31)30(15-18-5-8-20(33-4)9-6-18)16-21-12-22(29-36-21)26(32)28-14-19-7-10-23-24(11-19)35-17-34-23/h5-12H,13-17H2,1-4H3,(H,28,32). The molecule has 0 radical (unpaired) electrons. The SMILES string of the molecule is COc1ccc(CN(Cc2cc(C(=O)NCc3ccc4c(c3)OCO4)no2)C(=O)CC(C)(C)C)cc1. The predicted octanol–water partition coefficient (Wildman–Crippen LogP) is 4.31. The third-order valence-corrected chi connectivity index (χ3v) is 5.60. The lowest BCUT2D eigenvalue weighted by Gasteiger charge is -2.26. The fourth-order valence-corrected chi connectivity index (χ4v) is 3.76. The van der Waals surface area contributed by atoms with Crippen LogP contribution in [-0.2, 0) is 24.4 Å². The van der Waals surface area contributed by atoms with E-state index >= 15 is 0 Å². The van der Waals surface area contributed by atoms with Gasteiger partial charge in [-0.1, -0.05) is 44.1 Å². The Morgan fingerprint density at radius 2 is 1.72 bits per heavy atom. The zero-order valence-electron chi connectivity index (χ0n) is 21.0. The number of carbonyl (C=O) groups is 2. The number of benzene rings is 2. The van der Waals surface area contributed by atoms with Crippen LogP contribution in [-0.4, -0.2) is 35.8 Å². The van der Waals surface area contributed by atoms with Crippen molar-refractivity contribution < 1.29 is 28.3 Å². The van der Waals surface area contributed by atoms with E-state index in [9.17, 15) is 9.59 Å². The van der Waals surface area contributed by atoms with Gasteiger partial charge in [-0.25, -0.2) is 0 Å². The van der Waals surface area contributed by atoms with Crippen LogP contribution >= 0.6 is 0 Å².